The molecule has 2 aliphatic heterocycles. The number of hydrogen-bond donors (Lipinski definition) is 5. The van der Waals surface area contributed by atoms with Crippen molar-refractivity contribution in [3.63, 3.8) is 0 Å². The summed E-state index contributed by atoms with van der Waals surface area (Å²) < 4.78 is 0. The van der Waals surface area contributed by atoms with Crippen molar-refractivity contribution in [3.05, 3.63) is 0 Å². The lowest BCUT2D eigenvalue weighted by Crippen LogP contribution is -2.42. The van der Waals surface area contributed by atoms with E-state index in [1.165, 1.54) is 0 Å². The predicted molar refractivity (Wildman–Crippen MR) is 106 cm³/mol. The highest BCUT2D eigenvalue weighted by atomic mass is 16.4. The third-order valence-corrected chi connectivity index (χ3v) is 4.73. The maximum atomic E-state index is 11.4. The summed E-state index contributed by atoms with van der Waals surface area (Å²) in [4.78, 5) is 22.9. The molecule has 0 bridgehead atoms. The fourth-order valence-corrected chi connectivity index (χ4v) is 2.91. The van der Waals surface area contributed by atoms with Crippen molar-refractivity contribution >= 4 is 11.9 Å². The number of amides is 1. The number of nitrogens with zero attached hydrogens (tertiary/aromatic N) is 1. The Labute approximate surface area is 163 Å². The van der Waals surface area contributed by atoms with E-state index in [1.54, 1.807) is 7.05 Å². The van der Waals surface area contributed by atoms with Crippen LogP contribution in [-0.2, 0) is 9.59 Å². The zero-order chi connectivity index (χ0) is 20.5. The second kappa shape index (κ2) is 16.9. The molecule has 2 rings (SSSR count). The number of aliphatic hydroxyl groups is 2. The Balaban J connectivity index is 0.000000413. The van der Waals surface area contributed by atoms with Crippen LogP contribution in [0.3, 0.4) is 0 Å². The number of likely N-dealkylation sites (N-methyl/N-ethyl adjacent to an activating group) is 1. The van der Waals surface area contributed by atoms with E-state index in [9.17, 15) is 9.59 Å². The highest BCUT2D eigenvalue weighted by Crippen LogP contribution is 2.15. The lowest BCUT2D eigenvalue weighted by molar-refractivity contribution is -0.137. The van der Waals surface area contributed by atoms with Gasteiger partial charge in [-0.05, 0) is 64.1 Å². The van der Waals surface area contributed by atoms with Gasteiger partial charge in [-0.25, -0.2) is 0 Å². The van der Waals surface area contributed by atoms with Crippen LogP contribution in [0.25, 0.3) is 0 Å². The van der Waals surface area contributed by atoms with Crippen LogP contribution < -0.4 is 10.6 Å². The number of carbonyl (C=O) groups is 2. The van der Waals surface area contributed by atoms with Gasteiger partial charge in [-0.1, -0.05) is 6.92 Å². The monoisotopic (exact) mass is 389 g/mol. The molecule has 2 saturated heterocycles. The summed E-state index contributed by atoms with van der Waals surface area (Å²) in [6.07, 6.45) is 5.19. The quantitative estimate of drug-likeness (QED) is 0.442. The molecule has 0 radical (unpaired) electrons. The fourth-order valence-electron chi connectivity index (χ4n) is 2.91. The fraction of sp³-hybridized carbons (Fsp3) is 0.895. The standard InChI is InChI=1S/C9H18N2O2.C6H13NO.C4H8O2/c1-10-6-9(13)11-4-2-8(7-12)3-5-11;8-5-6-1-3-7-4-2-6;1-2-3-4(5)6/h8,10,12H,2-7H2,1H3;6-8H,1-5H2;2-3H2,1H3,(H,5,6). The molecular weight excluding hydrogens is 350 g/mol. The summed E-state index contributed by atoms with van der Waals surface area (Å²) in [6, 6.07) is 0. The van der Waals surface area contributed by atoms with E-state index in [-0.39, 0.29) is 12.5 Å². The Morgan fingerprint density at radius 3 is 1.89 bits per heavy atom. The van der Waals surface area contributed by atoms with E-state index < -0.39 is 5.97 Å². The number of carboxylic acid groups (broad SMARTS) is 1. The van der Waals surface area contributed by atoms with Crippen LogP contribution in [0.4, 0.5) is 0 Å². The second-order valence-electron chi connectivity index (χ2n) is 7.06. The van der Waals surface area contributed by atoms with Crippen molar-refractivity contribution in [1.82, 2.24) is 15.5 Å². The van der Waals surface area contributed by atoms with Crippen molar-refractivity contribution in [1.29, 1.82) is 0 Å². The van der Waals surface area contributed by atoms with Crippen LogP contribution in [-0.4, -0.2) is 85.1 Å². The molecule has 0 aromatic heterocycles. The van der Waals surface area contributed by atoms with Gasteiger partial charge in [0.15, 0.2) is 0 Å². The van der Waals surface area contributed by atoms with Crippen LogP contribution in [0.15, 0.2) is 0 Å². The number of carbonyl (C=O) groups excluding carboxylic acids is 1. The highest BCUT2D eigenvalue weighted by Gasteiger charge is 2.21. The lowest BCUT2D eigenvalue weighted by atomic mass is 9.98. The number of piperidine rings is 2. The molecule has 0 atom stereocenters. The van der Waals surface area contributed by atoms with Crippen molar-refractivity contribution in [2.45, 2.75) is 45.4 Å². The van der Waals surface area contributed by atoms with Gasteiger partial charge >= 0.3 is 5.97 Å². The van der Waals surface area contributed by atoms with Crippen LogP contribution in [0.5, 0.6) is 0 Å². The van der Waals surface area contributed by atoms with Gasteiger partial charge in [0.1, 0.15) is 0 Å². The average Bonchev–Trinajstić information content (AvgIpc) is 2.70. The maximum Gasteiger partial charge on any atom is 0.303 e. The Bertz CT molecular complexity index is 382. The number of likely N-dealkylation sites (tertiary alicyclic amines) is 1. The van der Waals surface area contributed by atoms with E-state index in [4.69, 9.17) is 15.3 Å². The molecule has 5 N–H and O–H groups in total. The first kappa shape index (κ1) is 25.8. The zero-order valence-electron chi connectivity index (χ0n) is 17.0. The molecule has 27 heavy (non-hydrogen) atoms. The van der Waals surface area contributed by atoms with Gasteiger partial charge in [0.25, 0.3) is 0 Å². The first-order valence-corrected chi connectivity index (χ1v) is 10.0. The molecule has 0 unspecified atom stereocenters. The number of nitrogens with one attached hydrogen (secondary N) is 2. The third kappa shape index (κ3) is 13.6. The second-order valence-corrected chi connectivity index (χ2v) is 7.06. The summed E-state index contributed by atoms with van der Waals surface area (Å²) in [5.41, 5.74) is 0. The Morgan fingerprint density at radius 2 is 1.56 bits per heavy atom. The first-order valence-electron chi connectivity index (χ1n) is 10.0. The topological polar surface area (TPSA) is 122 Å². The van der Waals surface area contributed by atoms with Gasteiger partial charge in [-0.2, -0.15) is 0 Å². The van der Waals surface area contributed by atoms with Crippen LogP contribution >= 0.6 is 0 Å². The Hall–Kier alpha value is -1.22. The molecule has 8 nitrogen and oxygen atoms in total. The normalized spacial score (nSPS) is 18.0. The summed E-state index contributed by atoms with van der Waals surface area (Å²) in [5, 5.41) is 31.6. The van der Waals surface area contributed by atoms with Gasteiger partial charge in [0, 0.05) is 32.7 Å². The van der Waals surface area contributed by atoms with Crippen LogP contribution in [0.1, 0.15) is 45.4 Å². The lowest BCUT2D eigenvalue weighted by Gasteiger charge is -2.31. The van der Waals surface area contributed by atoms with Gasteiger partial charge < -0.3 is 30.9 Å². The molecule has 1 amide bonds. The minimum absolute atomic E-state index is 0.166. The van der Waals surface area contributed by atoms with E-state index in [0.717, 1.165) is 58.3 Å². The van der Waals surface area contributed by atoms with E-state index in [0.29, 0.717) is 31.4 Å². The minimum atomic E-state index is -0.711. The molecule has 0 aromatic carbocycles. The summed E-state index contributed by atoms with van der Waals surface area (Å²) in [7, 11) is 1.78. The van der Waals surface area contributed by atoms with E-state index in [1.807, 2.05) is 11.8 Å². The predicted octanol–water partition coefficient (Wildman–Crippen LogP) is 0.286. The molecule has 160 valence electrons. The smallest absolute Gasteiger partial charge is 0.303 e. The van der Waals surface area contributed by atoms with E-state index >= 15 is 0 Å². The molecule has 2 aliphatic rings. The molecular formula is C19H39N3O5. The van der Waals surface area contributed by atoms with Crippen molar-refractivity contribution in [2.24, 2.45) is 11.8 Å². The Morgan fingerprint density at radius 1 is 1.04 bits per heavy atom. The molecule has 0 spiro atoms. The van der Waals surface area contributed by atoms with Crippen molar-refractivity contribution in [2.75, 3.05) is 53.0 Å². The van der Waals surface area contributed by atoms with E-state index in [2.05, 4.69) is 10.6 Å². The van der Waals surface area contributed by atoms with Crippen molar-refractivity contribution < 1.29 is 24.9 Å². The molecule has 0 aliphatic carbocycles. The minimum Gasteiger partial charge on any atom is -0.481 e. The average molecular weight is 390 g/mol. The first-order chi connectivity index (χ1) is 13.0. The number of aliphatic carboxylic acids is 1. The molecule has 8 heteroatoms. The van der Waals surface area contributed by atoms with Gasteiger partial charge in [-0.15, -0.1) is 0 Å². The largest absolute Gasteiger partial charge is 0.481 e. The molecule has 0 aromatic rings. The highest BCUT2D eigenvalue weighted by molar-refractivity contribution is 5.78. The van der Waals surface area contributed by atoms with Crippen LogP contribution in [0, 0.1) is 11.8 Å². The SMILES string of the molecule is CCCC(=O)O.CNCC(=O)N1CCC(CO)CC1.OCC1CCNCC1. The van der Waals surface area contributed by atoms with Gasteiger partial charge in [0.2, 0.25) is 5.91 Å². The third-order valence-electron chi connectivity index (χ3n) is 4.73. The summed E-state index contributed by atoms with van der Waals surface area (Å²) >= 11 is 0. The van der Waals surface area contributed by atoms with Gasteiger partial charge in [0.05, 0.1) is 6.54 Å². The van der Waals surface area contributed by atoms with Gasteiger partial charge in [-0.3, -0.25) is 9.59 Å². The number of aliphatic hydroxyl groups excluding tert-OH is 2. The zero-order valence-corrected chi connectivity index (χ0v) is 17.0. The summed E-state index contributed by atoms with van der Waals surface area (Å²) in [5.74, 6) is 0.436. The number of hydrogen-bond acceptors (Lipinski definition) is 6. The van der Waals surface area contributed by atoms with Crippen LogP contribution in [0.2, 0.25) is 0 Å². The number of rotatable bonds is 6. The molecule has 2 fully saturated rings. The van der Waals surface area contributed by atoms with Crippen molar-refractivity contribution in [3.8, 4) is 0 Å². The molecule has 0 saturated carbocycles. The Kier molecular flexibility index (Phi) is 16.2. The number of carboxylic acids is 1. The summed E-state index contributed by atoms with van der Waals surface area (Å²) in [6.45, 7) is 6.67. The maximum absolute atomic E-state index is 11.4. The molecule has 2 heterocycles.